The van der Waals surface area contributed by atoms with Gasteiger partial charge in [-0.1, -0.05) is 0 Å². The Bertz CT molecular complexity index is 786. The van der Waals surface area contributed by atoms with Crippen LogP contribution < -0.4 is 10.0 Å². The van der Waals surface area contributed by atoms with Crippen LogP contribution in [-0.4, -0.2) is 20.9 Å². The van der Waals surface area contributed by atoms with Gasteiger partial charge in [-0.25, -0.2) is 17.5 Å². The molecule has 1 heterocycles. The van der Waals surface area contributed by atoms with Crippen molar-refractivity contribution in [1.82, 2.24) is 10.0 Å². The van der Waals surface area contributed by atoms with Crippen molar-refractivity contribution in [3.8, 4) is 0 Å². The van der Waals surface area contributed by atoms with Crippen molar-refractivity contribution >= 4 is 27.3 Å². The van der Waals surface area contributed by atoms with Crippen LogP contribution in [0.1, 0.15) is 22.6 Å². The molecule has 0 saturated carbocycles. The van der Waals surface area contributed by atoms with Crippen molar-refractivity contribution in [2.75, 3.05) is 6.54 Å². The second kappa shape index (κ2) is 8.36. The quantitative estimate of drug-likeness (QED) is 0.701. The number of amides is 1. The molecule has 0 aliphatic carbocycles. The van der Waals surface area contributed by atoms with Gasteiger partial charge in [0, 0.05) is 22.7 Å². The molecular weight excluding hydrogens is 351 g/mol. The average Bonchev–Trinajstić information content (AvgIpc) is 2.95. The molecular formula is C16H19FN2O3S2. The summed E-state index contributed by atoms with van der Waals surface area (Å²) < 4.78 is 39.1. The maximum absolute atomic E-state index is 12.8. The average molecular weight is 370 g/mol. The first kappa shape index (κ1) is 18.6. The smallest absolute Gasteiger partial charge is 0.240 e. The van der Waals surface area contributed by atoms with Crippen LogP contribution in [-0.2, 0) is 21.4 Å². The van der Waals surface area contributed by atoms with Gasteiger partial charge in [0.05, 0.1) is 11.4 Å². The molecule has 8 heteroatoms. The van der Waals surface area contributed by atoms with Crippen LogP contribution in [0.15, 0.2) is 41.3 Å². The van der Waals surface area contributed by atoms with Gasteiger partial charge in [0.15, 0.2) is 0 Å². The Morgan fingerprint density at radius 1 is 1.17 bits per heavy atom. The minimum atomic E-state index is -3.67. The molecule has 0 unspecified atom stereocenters. The Hall–Kier alpha value is -1.77. The topological polar surface area (TPSA) is 75.3 Å². The van der Waals surface area contributed by atoms with Crippen LogP contribution in [0.2, 0.25) is 0 Å². The first-order chi connectivity index (χ1) is 11.4. The maximum atomic E-state index is 12.8. The highest BCUT2D eigenvalue weighted by molar-refractivity contribution is 7.89. The lowest BCUT2D eigenvalue weighted by atomic mass is 10.3. The number of aryl methyl sites for hydroxylation is 1. The Morgan fingerprint density at radius 3 is 2.50 bits per heavy atom. The molecule has 2 aromatic rings. The largest absolute Gasteiger partial charge is 0.351 e. The Balaban J connectivity index is 1.70. The zero-order chi connectivity index (χ0) is 17.6. The molecule has 0 bridgehead atoms. The lowest BCUT2D eigenvalue weighted by Gasteiger charge is -2.07. The molecule has 130 valence electrons. The van der Waals surface area contributed by atoms with Crippen molar-refractivity contribution in [1.29, 1.82) is 0 Å². The Labute approximate surface area is 145 Å². The summed E-state index contributed by atoms with van der Waals surface area (Å²) in [6.45, 7) is 2.63. The monoisotopic (exact) mass is 370 g/mol. The summed E-state index contributed by atoms with van der Waals surface area (Å²) in [5, 5.41) is 2.80. The Morgan fingerprint density at radius 2 is 1.88 bits per heavy atom. The second-order valence-electron chi connectivity index (χ2n) is 5.24. The van der Waals surface area contributed by atoms with Gasteiger partial charge in [0.1, 0.15) is 5.82 Å². The van der Waals surface area contributed by atoms with E-state index >= 15 is 0 Å². The first-order valence-electron chi connectivity index (χ1n) is 7.44. The predicted molar refractivity (Wildman–Crippen MR) is 91.7 cm³/mol. The van der Waals surface area contributed by atoms with Gasteiger partial charge in [-0.05, 0) is 49.7 Å². The van der Waals surface area contributed by atoms with Crippen LogP contribution in [0.3, 0.4) is 0 Å². The third-order valence-corrected chi connectivity index (χ3v) is 5.73. The summed E-state index contributed by atoms with van der Waals surface area (Å²) in [7, 11) is -3.67. The van der Waals surface area contributed by atoms with Crippen molar-refractivity contribution in [3.05, 3.63) is 52.0 Å². The van der Waals surface area contributed by atoms with E-state index in [4.69, 9.17) is 0 Å². The number of carbonyl (C=O) groups is 1. The Kier molecular flexibility index (Phi) is 6.47. The van der Waals surface area contributed by atoms with E-state index in [1.807, 2.05) is 19.1 Å². The minimum Gasteiger partial charge on any atom is -0.351 e. The van der Waals surface area contributed by atoms with E-state index < -0.39 is 15.8 Å². The lowest BCUT2D eigenvalue weighted by Crippen LogP contribution is -2.27. The number of thiophene rings is 1. The minimum absolute atomic E-state index is 0.00131. The summed E-state index contributed by atoms with van der Waals surface area (Å²) in [6, 6.07) is 8.55. The number of rotatable bonds is 8. The molecule has 0 aliphatic heterocycles. The van der Waals surface area contributed by atoms with Gasteiger partial charge < -0.3 is 5.32 Å². The van der Waals surface area contributed by atoms with E-state index in [2.05, 4.69) is 10.0 Å². The molecule has 1 amide bonds. The SMILES string of the molecule is Cc1ccc(CNC(=O)CCCNS(=O)(=O)c2ccc(F)cc2)s1. The number of nitrogens with one attached hydrogen (secondary N) is 2. The van der Waals surface area contributed by atoms with E-state index in [9.17, 15) is 17.6 Å². The molecule has 0 spiro atoms. The first-order valence-corrected chi connectivity index (χ1v) is 9.74. The van der Waals surface area contributed by atoms with Gasteiger partial charge in [0.25, 0.3) is 0 Å². The normalized spacial score (nSPS) is 11.4. The van der Waals surface area contributed by atoms with Crippen LogP contribution in [0.4, 0.5) is 4.39 Å². The molecule has 1 aromatic heterocycles. The zero-order valence-corrected chi connectivity index (χ0v) is 14.8. The van der Waals surface area contributed by atoms with Gasteiger partial charge in [-0.2, -0.15) is 0 Å². The molecule has 0 fully saturated rings. The molecule has 0 radical (unpaired) electrons. The molecule has 2 N–H and O–H groups in total. The fourth-order valence-electron chi connectivity index (χ4n) is 2.01. The molecule has 0 aliphatic rings. The number of hydrogen-bond donors (Lipinski definition) is 2. The standard InChI is InChI=1S/C16H19FN2O3S2/c1-12-4-7-14(23-12)11-18-16(20)3-2-10-19-24(21,22)15-8-5-13(17)6-9-15/h4-9,19H,2-3,10-11H2,1H3,(H,18,20). The van der Waals surface area contributed by atoms with E-state index in [1.165, 1.54) is 17.0 Å². The van der Waals surface area contributed by atoms with Crippen molar-refractivity contribution in [3.63, 3.8) is 0 Å². The van der Waals surface area contributed by atoms with Crippen molar-refractivity contribution in [2.45, 2.75) is 31.2 Å². The highest BCUT2D eigenvalue weighted by Crippen LogP contribution is 2.14. The molecule has 5 nitrogen and oxygen atoms in total. The highest BCUT2D eigenvalue weighted by Gasteiger charge is 2.13. The number of carbonyl (C=O) groups excluding carboxylic acids is 1. The van der Waals surface area contributed by atoms with Crippen LogP contribution in [0.25, 0.3) is 0 Å². The summed E-state index contributed by atoms with van der Waals surface area (Å²) in [6.07, 6.45) is 0.617. The lowest BCUT2D eigenvalue weighted by molar-refractivity contribution is -0.121. The van der Waals surface area contributed by atoms with Gasteiger partial charge in [-0.15, -0.1) is 11.3 Å². The van der Waals surface area contributed by atoms with Gasteiger partial charge in [-0.3, -0.25) is 4.79 Å². The highest BCUT2D eigenvalue weighted by atomic mass is 32.2. The summed E-state index contributed by atoms with van der Waals surface area (Å²) >= 11 is 1.63. The van der Waals surface area contributed by atoms with Crippen LogP contribution in [0.5, 0.6) is 0 Å². The van der Waals surface area contributed by atoms with E-state index in [0.29, 0.717) is 13.0 Å². The van der Waals surface area contributed by atoms with Crippen molar-refractivity contribution < 1.29 is 17.6 Å². The number of halogens is 1. The summed E-state index contributed by atoms with van der Waals surface area (Å²) in [5.41, 5.74) is 0. The number of sulfonamides is 1. The molecule has 2 rings (SSSR count). The number of hydrogen-bond acceptors (Lipinski definition) is 4. The molecule has 0 atom stereocenters. The number of benzene rings is 1. The third-order valence-electron chi connectivity index (χ3n) is 3.25. The summed E-state index contributed by atoms with van der Waals surface area (Å²) in [4.78, 5) is 14.0. The van der Waals surface area contributed by atoms with E-state index in [0.717, 1.165) is 17.0 Å². The van der Waals surface area contributed by atoms with Gasteiger partial charge in [0.2, 0.25) is 15.9 Å². The van der Waals surface area contributed by atoms with Crippen molar-refractivity contribution in [2.24, 2.45) is 0 Å². The molecule has 1 aromatic carbocycles. The summed E-state index contributed by atoms with van der Waals surface area (Å²) in [5.74, 6) is -0.617. The molecule has 0 saturated heterocycles. The third kappa shape index (κ3) is 5.70. The van der Waals surface area contributed by atoms with Gasteiger partial charge >= 0.3 is 0 Å². The van der Waals surface area contributed by atoms with E-state index in [-0.39, 0.29) is 23.8 Å². The van der Waals surface area contributed by atoms with Crippen LogP contribution >= 0.6 is 11.3 Å². The maximum Gasteiger partial charge on any atom is 0.240 e. The van der Waals surface area contributed by atoms with Crippen LogP contribution in [0, 0.1) is 12.7 Å². The van der Waals surface area contributed by atoms with E-state index in [1.54, 1.807) is 11.3 Å². The zero-order valence-electron chi connectivity index (χ0n) is 13.2. The molecule has 24 heavy (non-hydrogen) atoms. The fourth-order valence-corrected chi connectivity index (χ4v) is 3.91. The fraction of sp³-hybridized carbons (Fsp3) is 0.312. The second-order valence-corrected chi connectivity index (χ2v) is 8.38. The predicted octanol–water partition coefficient (Wildman–Crippen LogP) is 2.57.